The van der Waals surface area contributed by atoms with Crippen LogP contribution in [0.3, 0.4) is 0 Å². The lowest BCUT2D eigenvalue weighted by atomic mass is 10.0. The van der Waals surface area contributed by atoms with E-state index in [-0.39, 0.29) is 17.7 Å². The number of para-hydroxylation sites is 1. The Morgan fingerprint density at radius 1 is 1.10 bits per heavy atom. The molecule has 2 aromatic carbocycles. The van der Waals surface area contributed by atoms with Crippen molar-refractivity contribution in [1.29, 1.82) is 0 Å². The van der Waals surface area contributed by atoms with Gasteiger partial charge in [0.15, 0.2) is 0 Å². The van der Waals surface area contributed by atoms with Crippen molar-refractivity contribution < 1.29 is 27.8 Å². The predicted molar refractivity (Wildman–Crippen MR) is 69.9 cm³/mol. The molecule has 0 aliphatic rings. The second-order valence-electron chi connectivity index (χ2n) is 4.31. The van der Waals surface area contributed by atoms with Crippen molar-refractivity contribution in [2.24, 2.45) is 0 Å². The molecular weight excluding hydrogens is 285 g/mol. The molecule has 2 rings (SSSR count). The third kappa shape index (κ3) is 4.24. The topological polar surface area (TPSA) is 46.5 Å². The van der Waals surface area contributed by atoms with E-state index in [9.17, 15) is 18.0 Å². The van der Waals surface area contributed by atoms with Crippen LogP contribution >= 0.6 is 0 Å². The van der Waals surface area contributed by atoms with E-state index in [2.05, 4.69) is 4.74 Å². The van der Waals surface area contributed by atoms with Gasteiger partial charge in [0.2, 0.25) is 0 Å². The van der Waals surface area contributed by atoms with Crippen LogP contribution in [0.4, 0.5) is 13.2 Å². The minimum atomic E-state index is -4.78. The van der Waals surface area contributed by atoms with Crippen molar-refractivity contribution in [1.82, 2.24) is 0 Å². The van der Waals surface area contributed by atoms with Gasteiger partial charge in [-0.25, -0.2) is 0 Å². The third-order valence-electron chi connectivity index (χ3n) is 2.71. The molecule has 0 radical (unpaired) electrons. The largest absolute Gasteiger partial charge is 0.573 e. The highest BCUT2D eigenvalue weighted by atomic mass is 19.4. The van der Waals surface area contributed by atoms with Crippen molar-refractivity contribution >= 4 is 5.97 Å². The van der Waals surface area contributed by atoms with Crippen LogP contribution in [-0.2, 0) is 11.2 Å². The molecule has 0 fully saturated rings. The van der Waals surface area contributed by atoms with Crippen molar-refractivity contribution in [3.63, 3.8) is 0 Å². The monoisotopic (exact) mass is 296 g/mol. The molecule has 0 heterocycles. The number of carboxylic acids is 1. The minimum absolute atomic E-state index is 0.198. The fourth-order valence-corrected chi connectivity index (χ4v) is 1.94. The Kier molecular flexibility index (Phi) is 4.16. The quantitative estimate of drug-likeness (QED) is 0.931. The van der Waals surface area contributed by atoms with Crippen LogP contribution < -0.4 is 4.74 Å². The van der Waals surface area contributed by atoms with Crippen LogP contribution in [0.2, 0.25) is 0 Å². The van der Waals surface area contributed by atoms with Gasteiger partial charge in [0, 0.05) is 5.56 Å². The molecule has 0 spiro atoms. The van der Waals surface area contributed by atoms with Gasteiger partial charge in [0.25, 0.3) is 0 Å². The predicted octanol–water partition coefficient (Wildman–Crippen LogP) is 3.88. The van der Waals surface area contributed by atoms with Gasteiger partial charge >= 0.3 is 12.3 Å². The van der Waals surface area contributed by atoms with Crippen LogP contribution in [0.15, 0.2) is 48.5 Å². The van der Waals surface area contributed by atoms with Crippen LogP contribution in [-0.4, -0.2) is 17.4 Å². The zero-order valence-electron chi connectivity index (χ0n) is 10.7. The molecule has 0 unspecified atom stereocenters. The van der Waals surface area contributed by atoms with Crippen LogP contribution in [0.5, 0.6) is 5.75 Å². The van der Waals surface area contributed by atoms with Crippen LogP contribution in [0.1, 0.15) is 5.56 Å². The highest BCUT2D eigenvalue weighted by molar-refractivity contribution is 5.74. The summed E-state index contributed by atoms with van der Waals surface area (Å²) in [6.07, 6.45) is -4.98. The Morgan fingerprint density at radius 3 is 2.48 bits per heavy atom. The van der Waals surface area contributed by atoms with Gasteiger partial charge in [-0.2, -0.15) is 0 Å². The summed E-state index contributed by atoms with van der Waals surface area (Å²) in [4.78, 5) is 10.7. The lowest BCUT2D eigenvalue weighted by molar-refractivity contribution is -0.274. The molecule has 6 heteroatoms. The lowest BCUT2D eigenvalue weighted by Crippen LogP contribution is -2.17. The number of benzene rings is 2. The third-order valence-corrected chi connectivity index (χ3v) is 2.71. The summed E-state index contributed by atoms with van der Waals surface area (Å²) in [5.74, 6) is -1.33. The van der Waals surface area contributed by atoms with E-state index >= 15 is 0 Å². The molecule has 3 nitrogen and oxygen atoms in total. The number of hydrogen-bond donors (Lipinski definition) is 1. The van der Waals surface area contributed by atoms with Gasteiger partial charge in [-0.05, 0) is 17.2 Å². The van der Waals surface area contributed by atoms with Gasteiger partial charge in [-0.3, -0.25) is 4.79 Å². The maximum atomic E-state index is 12.4. The maximum absolute atomic E-state index is 12.4. The Hall–Kier alpha value is -2.50. The van der Waals surface area contributed by atoms with Gasteiger partial charge in [0.05, 0.1) is 6.42 Å². The normalized spacial score (nSPS) is 11.2. The summed E-state index contributed by atoms with van der Waals surface area (Å²) in [6, 6.07) is 12.1. The van der Waals surface area contributed by atoms with E-state index in [1.165, 1.54) is 24.3 Å². The van der Waals surface area contributed by atoms with Crippen molar-refractivity contribution in [3.8, 4) is 16.9 Å². The molecule has 0 aliphatic heterocycles. The van der Waals surface area contributed by atoms with E-state index in [1.807, 2.05) is 0 Å². The first-order valence-corrected chi connectivity index (χ1v) is 6.01. The Labute approximate surface area is 118 Å². The number of rotatable bonds is 4. The summed E-state index contributed by atoms with van der Waals surface area (Å²) >= 11 is 0. The molecule has 0 atom stereocenters. The Morgan fingerprint density at radius 2 is 1.81 bits per heavy atom. The van der Waals surface area contributed by atoms with E-state index in [4.69, 9.17) is 5.11 Å². The average Bonchev–Trinajstić information content (AvgIpc) is 2.37. The van der Waals surface area contributed by atoms with Crippen molar-refractivity contribution in [2.45, 2.75) is 12.8 Å². The molecule has 0 saturated heterocycles. The van der Waals surface area contributed by atoms with Gasteiger partial charge in [-0.1, -0.05) is 42.5 Å². The van der Waals surface area contributed by atoms with E-state index < -0.39 is 12.3 Å². The second kappa shape index (κ2) is 5.87. The minimum Gasteiger partial charge on any atom is -0.481 e. The molecule has 0 saturated carbocycles. The second-order valence-corrected chi connectivity index (χ2v) is 4.31. The highest BCUT2D eigenvalue weighted by Crippen LogP contribution is 2.33. The molecule has 0 amide bonds. The zero-order chi connectivity index (χ0) is 15.5. The molecular formula is C15H11F3O3. The van der Waals surface area contributed by atoms with Gasteiger partial charge in [0.1, 0.15) is 5.75 Å². The number of ether oxygens (including phenoxy) is 1. The molecule has 2 aromatic rings. The Bertz CT molecular complexity index is 651. The van der Waals surface area contributed by atoms with Gasteiger partial charge < -0.3 is 9.84 Å². The number of halogens is 3. The van der Waals surface area contributed by atoms with Crippen molar-refractivity contribution in [3.05, 3.63) is 54.1 Å². The van der Waals surface area contributed by atoms with E-state index in [1.54, 1.807) is 24.3 Å². The number of carboxylic acid groups (broad SMARTS) is 1. The average molecular weight is 296 g/mol. The first-order chi connectivity index (χ1) is 9.85. The summed E-state index contributed by atoms with van der Waals surface area (Å²) in [7, 11) is 0. The molecule has 1 N–H and O–H groups in total. The summed E-state index contributed by atoms with van der Waals surface area (Å²) in [5.41, 5.74) is 1.22. The smallest absolute Gasteiger partial charge is 0.481 e. The molecule has 110 valence electrons. The lowest BCUT2D eigenvalue weighted by Gasteiger charge is -2.13. The SMILES string of the molecule is O=C(O)Cc1cccc(-c2ccccc2OC(F)(F)F)c1. The van der Waals surface area contributed by atoms with Gasteiger partial charge in [-0.15, -0.1) is 13.2 Å². The van der Waals surface area contributed by atoms with E-state index in [0.29, 0.717) is 11.1 Å². The number of carbonyl (C=O) groups is 1. The maximum Gasteiger partial charge on any atom is 0.573 e. The summed E-state index contributed by atoms with van der Waals surface area (Å²) < 4.78 is 41.2. The molecule has 0 bridgehead atoms. The van der Waals surface area contributed by atoms with E-state index in [0.717, 1.165) is 0 Å². The first-order valence-electron chi connectivity index (χ1n) is 6.01. The molecule has 0 aromatic heterocycles. The highest BCUT2D eigenvalue weighted by Gasteiger charge is 2.32. The standard InChI is InChI=1S/C15H11F3O3/c16-15(17,18)21-13-7-2-1-6-12(13)11-5-3-4-10(8-11)9-14(19)20/h1-8H,9H2,(H,19,20). The summed E-state index contributed by atoms with van der Waals surface area (Å²) in [6.45, 7) is 0. The fraction of sp³-hybridized carbons (Fsp3) is 0.133. The molecule has 21 heavy (non-hydrogen) atoms. The summed E-state index contributed by atoms with van der Waals surface area (Å²) in [5, 5.41) is 8.76. The Balaban J connectivity index is 2.40. The van der Waals surface area contributed by atoms with Crippen LogP contribution in [0.25, 0.3) is 11.1 Å². The first kappa shape index (κ1) is 14.9. The molecule has 0 aliphatic carbocycles. The number of aliphatic carboxylic acids is 1. The number of hydrogen-bond acceptors (Lipinski definition) is 2. The zero-order valence-corrected chi connectivity index (χ0v) is 10.7. The fourth-order valence-electron chi connectivity index (χ4n) is 1.94. The number of alkyl halides is 3. The van der Waals surface area contributed by atoms with Crippen molar-refractivity contribution in [2.75, 3.05) is 0 Å². The van der Waals surface area contributed by atoms with Crippen LogP contribution in [0, 0.1) is 0 Å².